The van der Waals surface area contributed by atoms with Crippen LogP contribution in [0.4, 0.5) is 5.69 Å². The largest absolute Gasteiger partial charge is 0.324 e. The summed E-state index contributed by atoms with van der Waals surface area (Å²) >= 11 is 0. The van der Waals surface area contributed by atoms with E-state index in [0.29, 0.717) is 12.1 Å². The van der Waals surface area contributed by atoms with Gasteiger partial charge in [0.1, 0.15) is 18.7 Å². The molecule has 28 heavy (non-hydrogen) atoms. The molecular weight excluding hydrogens is 358 g/mol. The van der Waals surface area contributed by atoms with Crippen LogP contribution >= 0.6 is 0 Å². The lowest BCUT2D eigenvalue weighted by Gasteiger charge is -2.17. The van der Waals surface area contributed by atoms with E-state index in [2.05, 4.69) is 36.4 Å². The molecule has 140 valence electrons. The van der Waals surface area contributed by atoms with Crippen molar-refractivity contribution in [3.63, 3.8) is 0 Å². The van der Waals surface area contributed by atoms with Gasteiger partial charge in [-0.1, -0.05) is 30.3 Å². The normalized spacial score (nSPS) is 11.9. The van der Waals surface area contributed by atoms with Crippen LogP contribution in [0.3, 0.4) is 0 Å². The van der Waals surface area contributed by atoms with Gasteiger partial charge in [-0.05, 0) is 57.1 Å². The molecular formula is C18H17N9O. The highest BCUT2D eigenvalue weighted by molar-refractivity contribution is 5.94. The standard InChI is InChI=1S/C18H17N9O/c1-13-9-15(7-8-16(13)26-11-19-22-24-26)21-18(28)17(27-12-20-23-25-27)10-14-5-3-2-4-6-14/h2-9,11-12,17H,10H2,1H3,(H,21,28). The molecule has 2 heterocycles. The number of benzene rings is 2. The van der Waals surface area contributed by atoms with Crippen LogP contribution in [-0.4, -0.2) is 46.3 Å². The second-order valence-corrected chi connectivity index (χ2v) is 6.24. The van der Waals surface area contributed by atoms with Crippen molar-refractivity contribution in [2.75, 3.05) is 5.32 Å². The Balaban J connectivity index is 1.55. The molecule has 0 spiro atoms. The lowest BCUT2D eigenvalue weighted by molar-refractivity contribution is -0.119. The molecule has 4 rings (SSSR count). The van der Waals surface area contributed by atoms with Gasteiger partial charge < -0.3 is 5.32 Å². The van der Waals surface area contributed by atoms with E-state index in [1.54, 1.807) is 10.7 Å². The zero-order valence-corrected chi connectivity index (χ0v) is 15.0. The van der Waals surface area contributed by atoms with Crippen molar-refractivity contribution in [3.05, 3.63) is 72.3 Å². The molecule has 0 aliphatic heterocycles. The lowest BCUT2D eigenvalue weighted by Crippen LogP contribution is -2.28. The second kappa shape index (κ2) is 7.74. The van der Waals surface area contributed by atoms with E-state index in [1.165, 1.54) is 17.3 Å². The van der Waals surface area contributed by atoms with Crippen molar-refractivity contribution in [1.82, 2.24) is 40.4 Å². The van der Waals surface area contributed by atoms with E-state index in [9.17, 15) is 4.79 Å². The van der Waals surface area contributed by atoms with Crippen molar-refractivity contribution in [2.24, 2.45) is 0 Å². The molecule has 4 aromatic rings. The highest BCUT2D eigenvalue weighted by Crippen LogP contribution is 2.20. The van der Waals surface area contributed by atoms with Crippen LogP contribution in [0.15, 0.2) is 61.2 Å². The summed E-state index contributed by atoms with van der Waals surface area (Å²) in [5.74, 6) is -0.203. The number of rotatable bonds is 6. The Labute approximate surface area is 160 Å². The number of hydrogen-bond acceptors (Lipinski definition) is 7. The molecule has 1 atom stereocenters. The molecule has 0 saturated heterocycles. The molecule has 10 nitrogen and oxygen atoms in total. The van der Waals surface area contributed by atoms with Crippen molar-refractivity contribution < 1.29 is 4.79 Å². The van der Waals surface area contributed by atoms with Gasteiger partial charge in [0.15, 0.2) is 0 Å². The first kappa shape index (κ1) is 17.5. The topological polar surface area (TPSA) is 116 Å². The van der Waals surface area contributed by atoms with Gasteiger partial charge in [0, 0.05) is 12.1 Å². The Morgan fingerprint density at radius 1 is 1.04 bits per heavy atom. The number of carbonyl (C=O) groups is 1. The Bertz CT molecular complexity index is 1050. The summed E-state index contributed by atoms with van der Waals surface area (Å²) < 4.78 is 3.03. The maximum atomic E-state index is 13.0. The van der Waals surface area contributed by atoms with Crippen molar-refractivity contribution >= 4 is 11.6 Å². The quantitative estimate of drug-likeness (QED) is 0.541. The van der Waals surface area contributed by atoms with Crippen molar-refractivity contribution in [3.8, 4) is 5.69 Å². The molecule has 1 unspecified atom stereocenters. The maximum absolute atomic E-state index is 13.0. The number of carbonyl (C=O) groups excluding carboxylic acids is 1. The lowest BCUT2D eigenvalue weighted by atomic mass is 10.1. The summed E-state index contributed by atoms with van der Waals surface area (Å²) in [6.07, 6.45) is 3.44. The molecule has 1 N–H and O–H groups in total. The van der Waals surface area contributed by atoms with E-state index in [4.69, 9.17) is 0 Å². The number of aryl methyl sites for hydroxylation is 1. The average Bonchev–Trinajstić information content (AvgIpc) is 3.41. The fourth-order valence-corrected chi connectivity index (χ4v) is 2.94. The monoisotopic (exact) mass is 375 g/mol. The summed E-state index contributed by atoms with van der Waals surface area (Å²) in [5, 5.41) is 25.4. The molecule has 0 aliphatic carbocycles. The number of aromatic nitrogens is 8. The number of nitrogens with zero attached hydrogens (tertiary/aromatic N) is 8. The minimum atomic E-state index is -0.572. The summed E-state index contributed by atoms with van der Waals surface area (Å²) in [6, 6.07) is 14.7. The van der Waals surface area contributed by atoms with Crippen LogP contribution in [0, 0.1) is 6.92 Å². The third-order valence-electron chi connectivity index (χ3n) is 4.32. The molecule has 0 fully saturated rings. The number of nitrogens with one attached hydrogen (secondary N) is 1. The van der Waals surface area contributed by atoms with Gasteiger partial charge in [-0.15, -0.1) is 10.2 Å². The Morgan fingerprint density at radius 2 is 1.82 bits per heavy atom. The van der Waals surface area contributed by atoms with Crippen LogP contribution in [0.2, 0.25) is 0 Å². The second-order valence-electron chi connectivity index (χ2n) is 6.24. The number of hydrogen-bond donors (Lipinski definition) is 1. The Hall–Kier alpha value is -3.95. The Morgan fingerprint density at radius 3 is 2.50 bits per heavy atom. The van der Waals surface area contributed by atoms with E-state index in [1.807, 2.05) is 49.4 Å². The number of tetrazole rings is 2. The maximum Gasteiger partial charge on any atom is 0.249 e. The van der Waals surface area contributed by atoms with Crippen LogP contribution < -0.4 is 5.32 Å². The molecule has 0 saturated carbocycles. The number of amides is 1. The van der Waals surface area contributed by atoms with Gasteiger partial charge in [0.2, 0.25) is 5.91 Å². The van der Waals surface area contributed by atoms with Crippen molar-refractivity contribution in [2.45, 2.75) is 19.4 Å². The van der Waals surface area contributed by atoms with Gasteiger partial charge in [-0.2, -0.15) is 0 Å². The minimum Gasteiger partial charge on any atom is -0.324 e. The van der Waals surface area contributed by atoms with E-state index in [0.717, 1.165) is 16.8 Å². The molecule has 0 aliphatic rings. The molecule has 1 amide bonds. The van der Waals surface area contributed by atoms with Gasteiger partial charge in [0.05, 0.1) is 5.69 Å². The third-order valence-corrected chi connectivity index (χ3v) is 4.32. The fourth-order valence-electron chi connectivity index (χ4n) is 2.94. The number of anilines is 1. The van der Waals surface area contributed by atoms with Gasteiger partial charge in [-0.3, -0.25) is 4.79 Å². The fraction of sp³-hybridized carbons (Fsp3) is 0.167. The zero-order valence-electron chi connectivity index (χ0n) is 15.0. The first-order chi connectivity index (χ1) is 13.7. The summed E-state index contributed by atoms with van der Waals surface area (Å²) in [6.45, 7) is 1.93. The van der Waals surface area contributed by atoms with Crippen LogP contribution in [0.1, 0.15) is 17.2 Å². The van der Waals surface area contributed by atoms with E-state index in [-0.39, 0.29) is 5.91 Å². The van der Waals surface area contributed by atoms with Gasteiger partial charge in [-0.25, -0.2) is 9.36 Å². The predicted octanol–water partition coefficient (Wildman–Crippen LogP) is 1.38. The summed E-state index contributed by atoms with van der Waals surface area (Å²) in [4.78, 5) is 13.0. The first-order valence-corrected chi connectivity index (χ1v) is 8.62. The van der Waals surface area contributed by atoms with Gasteiger partial charge >= 0.3 is 0 Å². The van der Waals surface area contributed by atoms with E-state index >= 15 is 0 Å². The van der Waals surface area contributed by atoms with Crippen LogP contribution in [0.25, 0.3) is 5.69 Å². The summed E-state index contributed by atoms with van der Waals surface area (Å²) in [5.41, 5.74) is 3.45. The minimum absolute atomic E-state index is 0.203. The highest BCUT2D eigenvalue weighted by Gasteiger charge is 2.22. The zero-order chi connectivity index (χ0) is 19.3. The smallest absolute Gasteiger partial charge is 0.249 e. The SMILES string of the molecule is Cc1cc(NC(=O)C(Cc2ccccc2)n2cnnn2)ccc1-n1cnnn1. The third kappa shape index (κ3) is 3.75. The molecule has 2 aromatic heterocycles. The highest BCUT2D eigenvalue weighted by atomic mass is 16.2. The van der Waals surface area contributed by atoms with Gasteiger partial charge in [0.25, 0.3) is 0 Å². The first-order valence-electron chi connectivity index (χ1n) is 8.62. The van der Waals surface area contributed by atoms with Crippen LogP contribution in [0.5, 0.6) is 0 Å². The average molecular weight is 375 g/mol. The van der Waals surface area contributed by atoms with Crippen LogP contribution in [-0.2, 0) is 11.2 Å². The molecule has 0 bridgehead atoms. The predicted molar refractivity (Wildman–Crippen MR) is 99.5 cm³/mol. The van der Waals surface area contributed by atoms with Crippen molar-refractivity contribution in [1.29, 1.82) is 0 Å². The molecule has 2 aromatic carbocycles. The Kier molecular flexibility index (Phi) is 4.83. The molecule has 0 radical (unpaired) electrons. The molecule has 10 heteroatoms. The van der Waals surface area contributed by atoms with E-state index < -0.39 is 6.04 Å². The summed E-state index contributed by atoms with van der Waals surface area (Å²) in [7, 11) is 0.